The number of thiazole rings is 1. The van der Waals surface area contributed by atoms with E-state index in [2.05, 4.69) is 10.3 Å². The second-order valence-electron chi connectivity index (χ2n) is 6.03. The number of hydrogen-bond donors (Lipinski definition) is 1. The number of nitrogens with zero attached hydrogens (tertiary/aromatic N) is 1. The molecule has 0 aliphatic heterocycles. The highest BCUT2D eigenvalue weighted by Crippen LogP contribution is 2.27. The van der Waals surface area contributed by atoms with E-state index < -0.39 is 0 Å². The minimum Gasteiger partial charge on any atom is -0.451 e. The molecular weight excluding hydrogens is 415 g/mol. The molecule has 0 saturated carbocycles. The van der Waals surface area contributed by atoms with Gasteiger partial charge < -0.3 is 4.42 Å². The number of halogens is 2. The molecule has 0 fully saturated rings. The first kappa shape index (κ1) is 18.7. The first-order valence-corrected chi connectivity index (χ1v) is 10.0. The summed E-state index contributed by atoms with van der Waals surface area (Å²) in [5, 5.41) is 4.60. The van der Waals surface area contributed by atoms with Gasteiger partial charge >= 0.3 is 0 Å². The van der Waals surface area contributed by atoms with Crippen LogP contribution in [0.4, 0.5) is 5.13 Å². The summed E-state index contributed by atoms with van der Waals surface area (Å²) in [4.78, 5) is 17.7. The number of amides is 1. The van der Waals surface area contributed by atoms with E-state index >= 15 is 0 Å². The van der Waals surface area contributed by atoms with E-state index in [-0.39, 0.29) is 11.7 Å². The first-order valence-electron chi connectivity index (χ1n) is 8.44. The van der Waals surface area contributed by atoms with Crippen LogP contribution in [0.5, 0.6) is 0 Å². The molecular formula is C21H14Cl2N2O2S. The van der Waals surface area contributed by atoms with Gasteiger partial charge in [0, 0.05) is 33.1 Å². The van der Waals surface area contributed by atoms with Crippen LogP contribution in [0.1, 0.15) is 21.0 Å². The number of aromatic nitrogens is 1. The normalized spacial score (nSPS) is 10.8. The molecule has 0 spiro atoms. The summed E-state index contributed by atoms with van der Waals surface area (Å²) in [6.45, 7) is 0. The van der Waals surface area contributed by atoms with Crippen molar-refractivity contribution < 1.29 is 9.21 Å². The Morgan fingerprint density at radius 3 is 2.75 bits per heavy atom. The summed E-state index contributed by atoms with van der Waals surface area (Å²) in [5.41, 5.74) is 1.82. The number of rotatable bonds is 5. The second kappa shape index (κ2) is 8.19. The Morgan fingerprint density at radius 1 is 1.07 bits per heavy atom. The van der Waals surface area contributed by atoms with Gasteiger partial charge in [-0.2, -0.15) is 0 Å². The summed E-state index contributed by atoms with van der Waals surface area (Å²) < 4.78 is 5.67. The molecule has 28 heavy (non-hydrogen) atoms. The van der Waals surface area contributed by atoms with E-state index in [9.17, 15) is 4.79 Å². The van der Waals surface area contributed by atoms with Gasteiger partial charge in [-0.15, -0.1) is 11.3 Å². The zero-order chi connectivity index (χ0) is 19.5. The fourth-order valence-electron chi connectivity index (χ4n) is 2.69. The average molecular weight is 429 g/mol. The van der Waals surface area contributed by atoms with Crippen molar-refractivity contribution in [3.05, 3.63) is 93.1 Å². The number of carbonyl (C=O) groups excluding carboxylic acids is 1. The summed E-state index contributed by atoms with van der Waals surface area (Å²) in [6.07, 6.45) is 2.40. The van der Waals surface area contributed by atoms with Gasteiger partial charge in [-0.25, -0.2) is 4.98 Å². The van der Waals surface area contributed by atoms with E-state index in [0.717, 1.165) is 16.0 Å². The fraction of sp³-hybridized carbons (Fsp3) is 0.0476. The molecule has 2 aromatic heterocycles. The highest BCUT2D eigenvalue weighted by molar-refractivity contribution is 7.15. The molecule has 0 unspecified atom stereocenters. The molecule has 1 amide bonds. The molecule has 4 aromatic rings. The molecule has 7 heteroatoms. The molecule has 4 nitrogen and oxygen atoms in total. The Hall–Kier alpha value is -2.60. The predicted molar refractivity (Wildman–Crippen MR) is 113 cm³/mol. The molecule has 0 atom stereocenters. The monoisotopic (exact) mass is 428 g/mol. The van der Waals surface area contributed by atoms with Crippen molar-refractivity contribution in [2.24, 2.45) is 0 Å². The minimum atomic E-state index is -0.355. The summed E-state index contributed by atoms with van der Waals surface area (Å²) in [6, 6.07) is 18.3. The lowest BCUT2D eigenvalue weighted by atomic mass is 10.1. The molecule has 140 valence electrons. The van der Waals surface area contributed by atoms with Gasteiger partial charge in [0.05, 0.1) is 0 Å². The third-order valence-electron chi connectivity index (χ3n) is 4.04. The minimum absolute atomic E-state index is 0.206. The van der Waals surface area contributed by atoms with Crippen molar-refractivity contribution in [2.45, 2.75) is 6.42 Å². The van der Waals surface area contributed by atoms with Crippen LogP contribution in [0, 0.1) is 0 Å². The number of furan rings is 1. The third-order valence-corrected chi connectivity index (χ3v) is 5.55. The fourth-order valence-corrected chi connectivity index (χ4v) is 3.92. The summed E-state index contributed by atoms with van der Waals surface area (Å²) >= 11 is 13.6. The van der Waals surface area contributed by atoms with Gasteiger partial charge in [-0.3, -0.25) is 10.1 Å². The van der Waals surface area contributed by atoms with Crippen molar-refractivity contribution in [3.63, 3.8) is 0 Å². The van der Waals surface area contributed by atoms with Gasteiger partial charge in [-0.05, 0) is 35.9 Å². The van der Waals surface area contributed by atoms with Crippen LogP contribution in [0.2, 0.25) is 10.0 Å². The molecule has 0 radical (unpaired) electrons. The van der Waals surface area contributed by atoms with Crippen LogP contribution in [-0.2, 0) is 6.42 Å². The smallest absolute Gasteiger partial charge is 0.293 e. The zero-order valence-electron chi connectivity index (χ0n) is 14.5. The lowest BCUT2D eigenvalue weighted by Gasteiger charge is -2.01. The third kappa shape index (κ3) is 4.28. The topological polar surface area (TPSA) is 55.1 Å². The number of benzene rings is 2. The largest absolute Gasteiger partial charge is 0.451 e. The summed E-state index contributed by atoms with van der Waals surface area (Å²) in [5.74, 6) is 0.427. The van der Waals surface area contributed by atoms with Crippen molar-refractivity contribution >= 4 is 45.6 Å². The Labute approximate surface area is 175 Å². The average Bonchev–Trinajstić information content (AvgIpc) is 3.33. The van der Waals surface area contributed by atoms with Gasteiger partial charge in [0.2, 0.25) is 0 Å². The predicted octanol–water partition coefficient (Wildman–Crippen LogP) is 6.55. The maximum Gasteiger partial charge on any atom is 0.293 e. The molecule has 1 N–H and O–H groups in total. The van der Waals surface area contributed by atoms with E-state index in [1.54, 1.807) is 30.5 Å². The molecule has 2 aromatic carbocycles. The molecule has 4 rings (SSSR count). The van der Waals surface area contributed by atoms with Gasteiger partial charge in [-0.1, -0.05) is 53.5 Å². The van der Waals surface area contributed by atoms with E-state index in [0.29, 0.717) is 27.4 Å². The quantitative estimate of drug-likeness (QED) is 0.391. The number of anilines is 1. The van der Waals surface area contributed by atoms with Crippen LogP contribution in [0.15, 0.2) is 71.3 Å². The first-order chi connectivity index (χ1) is 13.6. The molecule has 0 bridgehead atoms. The van der Waals surface area contributed by atoms with E-state index in [1.807, 2.05) is 36.4 Å². The maximum absolute atomic E-state index is 12.5. The van der Waals surface area contributed by atoms with Crippen LogP contribution in [-0.4, -0.2) is 10.9 Å². The van der Waals surface area contributed by atoms with Crippen LogP contribution in [0.3, 0.4) is 0 Å². The standard InChI is InChI=1S/C21H14Cl2N2O2S/c22-15-6-3-5-14(10-15)18-8-9-19(27-18)20(26)25-21-24-12-16(28-21)11-13-4-1-2-7-17(13)23/h1-10,12H,11H2,(H,24,25,26). The van der Waals surface area contributed by atoms with Crippen LogP contribution in [0.25, 0.3) is 11.3 Å². The second-order valence-corrected chi connectivity index (χ2v) is 7.99. The Balaban J connectivity index is 1.45. The lowest BCUT2D eigenvalue weighted by Crippen LogP contribution is -2.10. The zero-order valence-corrected chi connectivity index (χ0v) is 16.8. The number of hydrogen-bond acceptors (Lipinski definition) is 4. The van der Waals surface area contributed by atoms with Crippen molar-refractivity contribution in [3.8, 4) is 11.3 Å². The Kier molecular flexibility index (Phi) is 5.48. The highest BCUT2D eigenvalue weighted by Gasteiger charge is 2.15. The summed E-state index contributed by atoms with van der Waals surface area (Å²) in [7, 11) is 0. The van der Waals surface area contributed by atoms with Crippen molar-refractivity contribution in [1.82, 2.24) is 4.98 Å². The van der Waals surface area contributed by atoms with E-state index in [4.69, 9.17) is 27.6 Å². The highest BCUT2D eigenvalue weighted by atomic mass is 35.5. The number of nitrogens with one attached hydrogen (secondary N) is 1. The molecule has 0 saturated heterocycles. The van der Waals surface area contributed by atoms with Gasteiger partial charge in [0.25, 0.3) is 5.91 Å². The SMILES string of the molecule is O=C(Nc1ncc(Cc2ccccc2Cl)s1)c1ccc(-c2cccc(Cl)c2)o1. The van der Waals surface area contributed by atoms with Gasteiger partial charge in [0.15, 0.2) is 10.9 Å². The van der Waals surface area contributed by atoms with Crippen LogP contribution >= 0.6 is 34.5 Å². The van der Waals surface area contributed by atoms with Crippen molar-refractivity contribution in [2.75, 3.05) is 5.32 Å². The van der Waals surface area contributed by atoms with Crippen molar-refractivity contribution in [1.29, 1.82) is 0 Å². The molecule has 0 aliphatic carbocycles. The lowest BCUT2D eigenvalue weighted by molar-refractivity contribution is 0.0997. The Bertz CT molecular complexity index is 1140. The Morgan fingerprint density at radius 2 is 1.93 bits per heavy atom. The molecule has 2 heterocycles. The number of carbonyl (C=O) groups is 1. The maximum atomic E-state index is 12.5. The van der Waals surface area contributed by atoms with Crippen LogP contribution < -0.4 is 5.32 Å². The van der Waals surface area contributed by atoms with Gasteiger partial charge in [0.1, 0.15) is 5.76 Å². The molecule has 0 aliphatic rings. The van der Waals surface area contributed by atoms with E-state index in [1.165, 1.54) is 11.3 Å².